The molecule has 0 aliphatic rings. The van der Waals surface area contributed by atoms with Gasteiger partial charge < -0.3 is 5.73 Å². The van der Waals surface area contributed by atoms with Crippen LogP contribution in [0.25, 0.3) is 0 Å². The van der Waals surface area contributed by atoms with Gasteiger partial charge in [0.1, 0.15) is 0 Å². The fourth-order valence-electron chi connectivity index (χ4n) is 1.23. The summed E-state index contributed by atoms with van der Waals surface area (Å²) < 4.78 is 74.4. The molecule has 0 saturated heterocycles. The van der Waals surface area contributed by atoms with Crippen molar-refractivity contribution in [2.45, 2.75) is 12.4 Å². The van der Waals surface area contributed by atoms with E-state index >= 15 is 0 Å². The zero-order chi connectivity index (χ0) is 14.3. The van der Waals surface area contributed by atoms with Gasteiger partial charge in [-0.3, -0.25) is 4.79 Å². The zero-order valence-electron chi connectivity index (χ0n) is 8.29. The van der Waals surface area contributed by atoms with E-state index in [1.807, 2.05) is 0 Å². The number of hydrogen-bond donors (Lipinski definition) is 1. The van der Waals surface area contributed by atoms with Crippen molar-refractivity contribution in [2.75, 3.05) is 0 Å². The third kappa shape index (κ3) is 2.95. The number of hydrogen-bond acceptors (Lipinski definition) is 1. The maximum absolute atomic E-state index is 12.5. The molecule has 0 unspecified atom stereocenters. The van der Waals surface area contributed by atoms with E-state index in [4.69, 9.17) is 5.73 Å². The highest BCUT2D eigenvalue weighted by molar-refractivity contribution is 9.10. The standard InChI is InChI=1S/C9H4BrF6NO/c10-6-2-5(9(14,15)16)4(8(11,12)13)1-3(6)7(17)18/h1-2H,(H2,17,18). The first kappa shape index (κ1) is 14.8. The molecule has 2 nitrogen and oxygen atoms in total. The first-order valence-electron chi connectivity index (χ1n) is 4.22. The van der Waals surface area contributed by atoms with Gasteiger partial charge in [-0.1, -0.05) is 0 Å². The number of halogens is 7. The molecule has 1 aromatic rings. The molecular weight excluding hydrogens is 332 g/mol. The average Bonchev–Trinajstić information content (AvgIpc) is 2.13. The van der Waals surface area contributed by atoms with Gasteiger partial charge in [-0.2, -0.15) is 26.3 Å². The van der Waals surface area contributed by atoms with Crippen molar-refractivity contribution in [2.24, 2.45) is 5.73 Å². The summed E-state index contributed by atoms with van der Waals surface area (Å²) in [4.78, 5) is 10.8. The summed E-state index contributed by atoms with van der Waals surface area (Å²) in [7, 11) is 0. The van der Waals surface area contributed by atoms with Crippen LogP contribution in [0.3, 0.4) is 0 Å². The fraction of sp³-hybridized carbons (Fsp3) is 0.222. The normalized spacial score (nSPS) is 12.6. The van der Waals surface area contributed by atoms with Gasteiger partial charge in [0.25, 0.3) is 0 Å². The van der Waals surface area contributed by atoms with E-state index in [-0.39, 0.29) is 12.1 Å². The molecule has 0 aliphatic carbocycles. The van der Waals surface area contributed by atoms with Crippen LogP contribution in [-0.4, -0.2) is 5.91 Å². The molecular formula is C9H4BrF6NO. The van der Waals surface area contributed by atoms with Crippen LogP contribution in [0.1, 0.15) is 21.5 Å². The van der Waals surface area contributed by atoms with E-state index in [1.54, 1.807) is 0 Å². The molecule has 0 aromatic heterocycles. The maximum Gasteiger partial charge on any atom is 0.417 e. The number of nitrogens with two attached hydrogens (primary N) is 1. The number of carbonyl (C=O) groups excluding carboxylic acids is 1. The van der Waals surface area contributed by atoms with Crippen molar-refractivity contribution >= 4 is 21.8 Å². The largest absolute Gasteiger partial charge is 0.417 e. The molecule has 0 fully saturated rings. The highest BCUT2D eigenvalue weighted by Crippen LogP contribution is 2.42. The summed E-state index contributed by atoms with van der Waals surface area (Å²) in [6.45, 7) is 0. The number of amides is 1. The molecule has 0 heterocycles. The molecule has 1 rings (SSSR count). The van der Waals surface area contributed by atoms with E-state index in [0.717, 1.165) is 0 Å². The van der Waals surface area contributed by atoms with Crippen LogP contribution < -0.4 is 5.73 Å². The van der Waals surface area contributed by atoms with Crippen molar-refractivity contribution in [3.63, 3.8) is 0 Å². The third-order valence-corrected chi connectivity index (χ3v) is 2.64. The topological polar surface area (TPSA) is 43.1 Å². The van der Waals surface area contributed by atoms with Gasteiger partial charge in [-0.15, -0.1) is 0 Å². The van der Waals surface area contributed by atoms with Crippen LogP contribution in [0.15, 0.2) is 16.6 Å². The van der Waals surface area contributed by atoms with Crippen molar-refractivity contribution < 1.29 is 31.1 Å². The average molecular weight is 336 g/mol. The predicted octanol–water partition coefficient (Wildman–Crippen LogP) is 3.59. The zero-order valence-corrected chi connectivity index (χ0v) is 9.87. The summed E-state index contributed by atoms with van der Waals surface area (Å²) in [5, 5.41) is 0. The van der Waals surface area contributed by atoms with Crippen LogP contribution in [0.2, 0.25) is 0 Å². The van der Waals surface area contributed by atoms with Crippen molar-refractivity contribution in [3.8, 4) is 0 Å². The third-order valence-electron chi connectivity index (χ3n) is 1.98. The summed E-state index contributed by atoms with van der Waals surface area (Å²) >= 11 is 2.57. The smallest absolute Gasteiger partial charge is 0.366 e. The van der Waals surface area contributed by atoms with E-state index in [2.05, 4.69) is 15.9 Å². The summed E-state index contributed by atoms with van der Waals surface area (Å²) in [6, 6.07) is 0.262. The van der Waals surface area contributed by atoms with Crippen LogP contribution in [0.5, 0.6) is 0 Å². The predicted molar refractivity (Wildman–Crippen MR) is 52.7 cm³/mol. The van der Waals surface area contributed by atoms with E-state index in [9.17, 15) is 31.1 Å². The molecule has 0 aliphatic heterocycles. The quantitative estimate of drug-likeness (QED) is 0.783. The Hall–Kier alpha value is -1.25. The van der Waals surface area contributed by atoms with Gasteiger partial charge in [0.2, 0.25) is 5.91 Å². The Balaban J connectivity index is 3.64. The summed E-state index contributed by atoms with van der Waals surface area (Å²) in [6.07, 6.45) is -10.4. The first-order chi connectivity index (χ1) is 7.94. The molecule has 0 spiro atoms. The Morgan fingerprint density at radius 2 is 1.39 bits per heavy atom. The Morgan fingerprint density at radius 3 is 1.72 bits per heavy atom. The fourth-order valence-corrected chi connectivity index (χ4v) is 1.77. The van der Waals surface area contributed by atoms with Crippen molar-refractivity contribution in [1.82, 2.24) is 0 Å². The molecule has 2 N–H and O–H groups in total. The van der Waals surface area contributed by atoms with Gasteiger partial charge in [0, 0.05) is 4.47 Å². The van der Waals surface area contributed by atoms with Gasteiger partial charge in [0.15, 0.2) is 0 Å². The van der Waals surface area contributed by atoms with Crippen LogP contribution in [0.4, 0.5) is 26.3 Å². The lowest BCUT2D eigenvalue weighted by molar-refractivity contribution is -0.162. The SMILES string of the molecule is NC(=O)c1cc(C(F)(F)F)c(C(F)(F)F)cc1Br. The molecule has 0 saturated carbocycles. The Kier molecular flexibility index (Phi) is 3.66. The van der Waals surface area contributed by atoms with Gasteiger partial charge in [0.05, 0.1) is 16.7 Å². The Morgan fingerprint density at radius 1 is 1.00 bits per heavy atom. The van der Waals surface area contributed by atoms with Crippen molar-refractivity contribution in [1.29, 1.82) is 0 Å². The van der Waals surface area contributed by atoms with Crippen LogP contribution in [0, 0.1) is 0 Å². The second kappa shape index (κ2) is 4.45. The molecule has 0 radical (unpaired) electrons. The van der Waals surface area contributed by atoms with Crippen LogP contribution in [-0.2, 0) is 12.4 Å². The number of carbonyl (C=O) groups is 1. The first-order valence-corrected chi connectivity index (χ1v) is 5.01. The molecule has 100 valence electrons. The lowest BCUT2D eigenvalue weighted by atomic mass is 10.0. The summed E-state index contributed by atoms with van der Waals surface area (Å²) in [5.74, 6) is -1.26. The Bertz CT molecular complexity index is 493. The molecule has 0 atom stereocenters. The second-order valence-corrected chi connectivity index (χ2v) is 4.09. The molecule has 9 heteroatoms. The van der Waals surface area contributed by atoms with Gasteiger partial charge >= 0.3 is 12.4 Å². The minimum absolute atomic E-state index is 0.0786. The minimum atomic E-state index is -5.24. The highest BCUT2D eigenvalue weighted by Gasteiger charge is 2.43. The maximum atomic E-state index is 12.5. The lowest BCUT2D eigenvalue weighted by Crippen LogP contribution is -2.20. The highest BCUT2D eigenvalue weighted by atomic mass is 79.9. The number of benzene rings is 1. The van der Waals surface area contributed by atoms with E-state index < -0.39 is 39.4 Å². The summed E-state index contributed by atoms with van der Waals surface area (Å²) in [5.41, 5.74) is 0.263. The number of rotatable bonds is 1. The second-order valence-electron chi connectivity index (χ2n) is 3.24. The molecule has 1 aromatic carbocycles. The van der Waals surface area contributed by atoms with Gasteiger partial charge in [-0.05, 0) is 28.1 Å². The number of primary amides is 1. The van der Waals surface area contributed by atoms with Crippen molar-refractivity contribution in [3.05, 3.63) is 33.3 Å². The van der Waals surface area contributed by atoms with Gasteiger partial charge in [-0.25, -0.2) is 0 Å². The Labute approximate surface area is 105 Å². The molecule has 0 bridgehead atoms. The van der Waals surface area contributed by atoms with E-state index in [1.165, 1.54) is 0 Å². The molecule has 18 heavy (non-hydrogen) atoms. The lowest BCUT2D eigenvalue weighted by Gasteiger charge is -2.17. The number of alkyl halides is 6. The van der Waals surface area contributed by atoms with E-state index in [0.29, 0.717) is 0 Å². The van der Waals surface area contributed by atoms with Crippen LogP contribution >= 0.6 is 15.9 Å². The minimum Gasteiger partial charge on any atom is -0.366 e. The monoisotopic (exact) mass is 335 g/mol. The molecule has 1 amide bonds.